The van der Waals surface area contributed by atoms with Crippen molar-refractivity contribution in [3.05, 3.63) is 43.8 Å². The van der Waals surface area contributed by atoms with Crippen molar-refractivity contribution in [1.82, 2.24) is 0 Å². The molecule has 1 aliphatic rings. The van der Waals surface area contributed by atoms with Crippen LogP contribution in [0.4, 0.5) is 11.4 Å². The van der Waals surface area contributed by atoms with Crippen LogP contribution in [0.25, 0.3) is 0 Å². The SMILES string of the molecule is COc1c([N+](=O)[O-])cc([N+](=O)[O-])cc1P1(=O)C=C(C)CC1. The molecule has 0 bridgehead atoms. The first-order valence-corrected chi connectivity index (χ1v) is 8.03. The lowest BCUT2D eigenvalue weighted by Gasteiger charge is -2.14. The molecule has 2 rings (SSSR count). The lowest BCUT2D eigenvalue weighted by Crippen LogP contribution is -2.12. The third kappa shape index (κ3) is 2.67. The molecule has 1 unspecified atom stereocenters. The molecule has 9 heteroatoms. The van der Waals surface area contributed by atoms with Crippen LogP contribution in [0.5, 0.6) is 5.75 Å². The molecule has 0 aliphatic carbocycles. The minimum absolute atomic E-state index is 0.0442. The molecule has 1 atom stereocenters. The molecule has 0 saturated heterocycles. The molecule has 112 valence electrons. The number of nitrogens with zero attached hydrogens (tertiary/aromatic N) is 2. The van der Waals surface area contributed by atoms with Gasteiger partial charge in [-0.15, -0.1) is 0 Å². The average Bonchev–Trinajstić information content (AvgIpc) is 2.77. The topological polar surface area (TPSA) is 113 Å². The second kappa shape index (κ2) is 5.29. The third-order valence-corrected chi connectivity index (χ3v) is 6.21. The van der Waals surface area contributed by atoms with Gasteiger partial charge in [-0.2, -0.15) is 0 Å². The van der Waals surface area contributed by atoms with Gasteiger partial charge in [-0.05, 0) is 19.2 Å². The van der Waals surface area contributed by atoms with Gasteiger partial charge in [0.2, 0.25) is 5.75 Å². The first kappa shape index (κ1) is 15.2. The summed E-state index contributed by atoms with van der Waals surface area (Å²) in [5.74, 6) is 1.39. The smallest absolute Gasteiger partial charge is 0.318 e. The van der Waals surface area contributed by atoms with Gasteiger partial charge in [-0.1, -0.05) is 5.57 Å². The van der Waals surface area contributed by atoms with Gasteiger partial charge in [0.05, 0.1) is 28.3 Å². The number of rotatable bonds is 4. The van der Waals surface area contributed by atoms with Gasteiger partial charge in [0.25, 0.3) is 5.69 Å². The van der Waals surface area contributed by atoms with Crippen LogP contribution in [0.1, 0.15) is 13.3 Å². The number of nitro groups is 2. The highest BCUT2D eigenvalue weighted by Crippen LogP contribution is 2.56. The quantitative estimate of drug-likeness (QED) is 0.480. The van der Waals surface area contributed by atoms with Crippen molar-refractivity contribution < 1.29 is 19.1 Å². The molecule has 0 amide bonds. The Balaban J connectivity index is 2.78. The molecular weight excluding hydrogens is 299 g/mol. The van der Waals surface area contributed by atoms with Crippen LogP contribution < -0.4 is 10.0 Å². The highest BCUT2D eigenvalue weighted by molar-refractivity contribution is 7.75. The van der Waals surface area contributed by atoms with E-state index in [1.807, 2.05) is 0 Å². The van der Waals surface area contributed by atoms with Crippen molar-refractivity contribution in [1.29, 1.82) is 0 Å². The van der Waals surface area contributed by atoms with E-state index in [0.29, 0.717) is 12.6 Å². The minimum Gasteiger partial charge on any atom is -0.490 e. The van der Waals surface area contributed by atoms with Crippen molar-refractivity contribution in [2.45, 2.75) is 13.3 Å². The zero-order valence-electron chi connectivity index (χ0n) is 11.4. The molecule has 1 aromatic carbocycles. The summed E-state index contributed by atoms with van der Waals surface area (Å²) in [5.41, 5.74) is -0.116. The fraction of sp³-hybridized carbons (Fsp3) is 0.333. The number of hydrogen-bond donors (Lipinski definition) is 0. The first-order valence-electron chi connectivity index (χ1n) is 6.07. The number of hydrogen-bond acceptors (Lipinski definition) is 6. The molecule has 21 heavy (non-hydrogen) atoms. The highest BCUT2D eigenvalue weighted by atomic mass is 31.2. The summed E-state index contributed by atoms with van der Waals surface area (Å²) in [6.45, 7) is 1.80. The van der Waals surface area contributed by atoms with Crippen LogP contribution in [0.15, 0.2) is 23.5 Å². The number of benzene rings is 1. The van der Waals surface area contributed by atoms with Gasteiger partial charge >= 0.3 is 5.69 Å². The number of allylic oxidation sites excluding steroid dienone is 1. The van der Waals surface area contributed by atoms with Crippen LogP contribution in [-0.4, -0.2) is 23.1 Å². The van der Waals surface area contributed by atoms with E-state index >= 15 is 0 Å². The molecule has 1 aromatic rings. The Morgan fingerprint density at radius 3 is 2.33 bits per heavy atom. The van der Waals surface area contributed by atoms with Gasteiger partial charge in [0.1, 0.15) is 7.14 Å². The van der Waals surface area contributed by atoms with Gasteiger partial charge in [-0.25, -0.2) is 0 Å². The zero-order valence-corrected chi connectivity index (χ0v) is 12.3. The van der Waals surface area contributed by atoms with Crippen molar-refractivity contribution in [2.75, 3.05) is 13.3 Å². The molecule has 0 N–H and O–H groups in total. The molecule has 0 aromatic heterocycles. The van der Waals surface area contributed by atoms with Gasteiger partial charge in [0.15, 0.2) is 0 Å². The Kier molecular flexibility index (Phi) is 3.82. The maximum absolute atomic E-state index is 13.0. The molecular formula is C12H13N2O6P. The monoisotopic (exact) mass is 312 g/mol. The number of methoxy groups -OCH3 is 1. The van der Waals surface area contributed by atoms with Crippen molar-refractivity contribution in [2.24, 2.45) is 0 Å². The molecule has 1 aliphatic heterocycles. The highest BCUT2D eigenvalue weighted by Gasteiger charge is 2.36. The fourth-order valence-electron chi connectivity index (χ4n) is 2.33. The summed E-state index contributed by atoms with van der Waals surface area (Å²) in [6.07, 6.45) is 0.893. The summed E-state index contributed by atoms with van der Waals surface area (Å²) in [6, 6.07) is 1.93. The van der Waals surface area contributed by atoms with E-state index in [9.17, 15) is 24.8 Å². The first-order chi connectivity index (χ1) is 9.78. The predicted molar refractivity (Wildman–Crippen MR) is 76.8 cm³/mol. The molecule has 0 fully saturated rings. The van der Waals surface area contributed by atoms with Crippen LogP contribution in [-0.2, 0) is 4.57 Å². The predicted octanol–water partition coefficient (Wildman–Crippen LogP) is 2.81. The van der Waals surface area contributed by atoms with Crippen LogP contribution >= 0.6 is 7.14 Å². The number of non-ortho nitro benzene ring substituents is 1. The van der Waals surface area contributed by atoms with E-state index in [0.717, 1.165) is 17.7 Å². The van der Waals surface area contributed by atoms with E-state index < -0.39 is 28.4 Å². The van der Waals surface area contributed by atoms with Crippen LogP contribution in [0.2, 0.25) is 0 Å². The Morgan fingerprint density at radius 1 is 1.24 bits per heavy atom. The second-order valence-electron chi connectivity index (χ2n) is 4.78. The normalized spacial score (nSPS) is 21.0. The minimum atomic E-state index is -3.06. The summed E-state index contributed by atoms with van der Waals surface area (Å²) in [4.78, 5) is 20.5. The van der Waals surface area contributed by atoms with Gasteiger partial charge < -0.3 is 9.30 Å². The molecule has 0 saturated carbocycles. The molecule has 8 nitrogen and oxygen atoms in total. The van der Waals surface area contributed by atoms with Crippen LogP contribution in [0.3, 0.4) is 0 Å². The lowest BCUT2D eigenvalue weighted by atomic mass is 10.2. The Labute approximate surface area is 120 Å². The summed E-state index contributed by atoms with van der Waals surface area (Å²) in [5, 5.41) is 22.1. The van der Waals surface area contributed by atoms with Crippen molar-refractivity contribution in [3.8, 4) is 5.75 Å². The van der Waals surface area contributed by atoms with E-state index in [1.165, 1.54) is 7.11 Å². The standard InChI is InChI=1S/C12H13N2O6P/c1-8-3-4-21(19,7-8)11-6-9(13(15)16)5-10(14(17)18)12(11)20-2/h5-7H,3-4H2,1-2H3. The van der Waals surface area contributed by atoms with Crippen molar-refractivity contribution >= 4 is 23.8 Å². The zero-order chi connectivity index (χ0) is 15.8. The van der Waals surface area contributed by atoms with E-state index in [1.54, 1.807) is 12.7 Å². The van der Waals surface area contributed by atoms with E-state index in [-0.39, 0.29) is 11.1 Å². The summed E-state index contributed by atoms with van der Waals surface area (Å²) in [7, 11) is -1.84. The summed E-state index contributed by atoms with van der Waals surface area (Å²) < 4.78 is 18.0. The molecule has 0 radical (unpaired) electrons. The largest absolute Gasteiger partial charge is 0.490 e. The second-order valence-corrected chi connectivity index (χ2v) is 7.55. The van der Waals surface area contributed by atoms with Crippen LogP contribution in [0, 0.1) is 20.2 Å². The maximum Gasteiger partial charge on any atom is 0.318 e. The van der Waals surface area contributed by atoms with E-state index in [2.05, 4.69) is 0 Å². The maximum atomic E-state index is 13.0. The lowest BCUT2D eigenvalue weighted by molar-refractivity contribution is -0.394. The van der Waals surface area contributed by atoms with Crippen molar-refractivity contribution in [3.63, 3.8) is 0 Å². The Morgan fingerprint density at radius 2 is 1.90 bits per heavy atom. The van der Waals surface area contributed by atoms with E-state index in [4.69, 9.17) is 4.74 Å². The fourth-order valence-corrected chi connectivity index (χ4v) is 5.27. The molecule has 1 heterocycles. The Bertz CT molecular complexity index is 712. The average molecular weight is 312 g/mol. The van der Waals surface area contributed by atoms with Gasteiger partial charge in [0, 0.05) is 12.2 Å². The molecule has 0 spiro atoms. The van der Waals surface area contributed by atoms with Gasteiger partial charge in [-0.3, -0.25) is 20.2 Å². The Hall–Kier alpha value is -2.21. The number of nitro benzene ring substituents is 2. The number of ether oxygens (including phenoxy) is 1. The third-order valence-electron chi connectivity index (χ3n) is 3.32. The summed E-state index contributed by atoms with van der Waals surface area (Å²) >= 11 is 0.